The van der Waals surface area contributed by atoms with Crippen LogP contribution in [0.25, 0.3) is 0 Å². The fourth-order valence-electron chi connectivity index (χ4n) is 0.915. The van der Waals surface area contributed by atoms with Gasteiger partial charge in [-0.05, 0) is 6.07 Å². The number of nitrogens with one attached hydrogen (secondary N) is 1. The highest BCUT2D eigenvalue weighted by atomic mass is 35.5. The molecule has 0 fully saturated rings. The first-order valence-electron chi connectivity index (χ1n) is 4.24. The number of aromatic nitrogens is 1. The molecule has 0 unspecified atom stereocenters. The molecule has 0 amide bonds. The Morgan fingerprint density at radius 3 is 2.75 bits per heavy atom. The summed E-state index contributed by atoms with van der Waals surface area (Å²) in [6.45, 7) is -0.176. The highest BCUT2D eigenvalue weighted by molar-refractivity contribution is 7.89. The topological polar surface area (TPSA) is 96.4 Å². The molecule has 0 radical (unpaired) electrons. The predicted octanol–water partition coefficient (Wildman–Crippen LogP) is 0.488. The van der Waals surface area contributed by atoms with Gasteiger partial charge < -0.3 is 5.11 Å². The summed E-state index contributed by atoms with van der Waals surface area (Å²) in [6.07, 6.45) is 2.15. The number of rotatable bonds is 5. The molecule has 1 rings (SSSR count). The SMILES string of the molecule is O=C(O)CCNS(=O)(=O)c1cncc(Cl)c1. The van der Waals surface area contributed by atoms with Gasteiger partial charge in [0.05, 0.1) is 11.4 Å². The highest BCUT2D eigenvalue weighted by Gasteiger charge is 2.14. The van der Waals surface area contributed by atoms with Crippen molar-refractivity contribution in [2.45, 2.75) is 11.3 Å². The second-order valence-corrected chi connectivity index (χ2v) is 5.08. The van der Waals surface area contributed by atoms with E-state index in [1.54, 1.807) is 0 Å². The number of aliphatic carboxylic acids is 1. The Bertz CT molecular complexity index is 489. The first-order valence-corrected chi connectivity index (χ1v) is 6.10. The molecular weight excluding hydrogens is 256 g/mol. The van der Waals surface area contributed by atoms with Crippen LogP contribution in [0.4, 0.5) is 0 Å². The lowest BCUT2D eigenvalue weighted by Gasteiger charge is -2.04. The van der Waals surface area contributed by atoms with Crippen molar-refractivity contribution in [3.05, 3.63) is 23.5 Å². The van der Waals surface area contributed by atoms with Crippen molar-refractivity contribution in [3.63, 3.8) is 0 Å². The average molecular weight is 265 g/mol. The maximum Gasteiger partial charge on any atom is 0.304 e. The standard InChI is InChI=1S/C8H9ClN2O4S/c9-6-3-7(5-10-4-6)16(14,15)11-2-1-8(12)13/h3-5,11H,1-2H2,(H,12,13). The molecule has 1 aromatic heterocycles. The molecule has 0 bridgehead atoms. The first kappa shape index (κ1) is 12.9. The fourth-order valence-corrected chi connectivity index (χ4v) is 2.17. The third-order valence-electron chi connectivity index (χ3n) is 1.62. The Morgan fingerprint density at radius 2 is 2.19 bits per heavy atom. The number of carboxylic acid groups (broad SMARTS) is 1. The van der Waals surface area contributed by atoms with E-state index in [-0.39, 0.29) is 22.9 Å². The second kappa shape index (κ2) is 5.24. The first-order chi connectivity index (χ1) is 7.42. The summed E-state index contributed by atoms with van der Waals surface area (Å²) < 4.78 is 25.3. The minimum absolute atomic E-state index is 0.0922. The zero-order valence-electron chi connectivity index (χ0n) is 8.05. The van der Waals surface area contributed by atoms with E-state index in [2.05, 4.69) is 9.71 Å². The van der Waals surface area contributed by atoms with Crippen LogP contribution in [-0.4, -0.2) is 31.0 Å². The van der Waals surface area contributed by atoms with Crippen molar-refractivity contribution < 1.29 is 18.3 Å². The smallest absolute Gasteiger partial charge is 0.304 e. The van der Waals surface area contributed by atoms with Gasteiger partial charge in [0.15, 0.2) is 0 Å². The number of halogens is 1. The number of pyridine rings is 1. The van der Waals surface area contributed by atoms with Crippen molar-refractivity contribution >= 4 is 27.6 Å². The molecule has 0 aliphatic rings. The number of nitrogens with zero attached hydrogens (tertiary/aromatic N) is 1. The van der Waals surface area contributed by atoms with Gasteiger partial charge in [0.2, 0.25) is 10.0 Å². The zero-order chi connectivity index (χ0) is 12.2. The summed E-state index contributed by atoms with van der Waals surface area (Å²) in [5, 5.41) is 8.55. The van der Waals surface area contributed by atoms with Crippen molar-refractivity contribution in [1.29, 1.82) is 0 Å². The third kappa shape index (κ3) is 3.76. The number of hydrogen-bond acceptors (Lipinski definition) is 4. The molecule has 8 heteroatoms. The summed E-state index contributed by atoms with van der Waals surface area (Å²) in [5.41, 5.74) is 0. The monoisotopic (exact) mass is 264 g/mol. The molecule has 16 heavy (non-hydrogen) atoms. The van der Waals surface area contributed by atoms with Gasteiger partial charge in [0, 0.05) is 18.9 Å². The van der Waals surface area contributed by atoms with Gasteiger partial charge in [-0.15, -0.1) is 0 Å². The molecular formula is C8H9ClN2O4S. The van der Waals surface area contributed by atoms with Crippen LogP contribution in [-0.2, 0) is 14.8 Å². The van der Waals surface area contributed by atoms with Crippen molar-refractivity contribution in [2.24, 2.45) is 0 Å². The molecule has 0 saturated carbocycles. The minimum Gasteiger partial charge on any atom is -0.481 e. The molecule has 2 N–H and O–H groups in total. The van der Waals surface area contributed by atoms with Gasteiger partial charge in [-0.25, -0.2) is 13.1 Å². The van der Waals surface area contributed by atoms with Gasteiger partial charge in [0.1, 0.15) is 4.90 Å². The third-order valence-corrected chi connectivity index (χ3v) is 3.26. The van der Waals surface area contributed by atoms with E-state index >= 15 is 0 Å². The van der Waals surface area contributed by atoms with Crippen molar-refractivity contribution in [1.82, 2.24) is 9.71 Å². The number of carboxylic acids is 1. The Labute approximate surface area is 97.3 Å². The molecule has 0 aliphatic heterocycles. The Kier molecular flexibility index (Phi) is 4.22. The summed E-state index contributed by atoms with van der Waals surface area (Å²) in [4.78, 5) is 13.7. The van der Waals surface area contributed by atoms with E-state index in [0.717, 1.165) is 6.20 Å². The van der Waals surface area contributed by atoms with E-state index in [4.69, 9.17) is 16.7 Å². The van der Waals surface area contributed by atoms with Crippen LogP contribution in [0.1, 0.15) is 6.42 Å². The summed E-state index contributed by atoms with van der Waals surface area (Å²) in [6, 6.07) is 1.23. The number of sulfonamides is 1. The second-order valence-electron chi connectivity index (χ2n) is 2.88. The lowest BCUT2D eigenvalue weighted by Crippen LogP contribution is -2.26. The fraction of sp³-hybridized carbons (Fsp3) is 0.250. The van der Waals surface area contributed by atoms with Crippen LogP contribution in [0.5, 0.6) is 0 Å². The van der Waals surface area contributed by atoms with Crippen LogP contribution in [0.15, 0.2) is 23.4 Å². The Hall–Kier alpha value is -1.18. The molecule has 6 nitrogen and oxygen atoms in total. The van der Waals surface area contributed by atoms with Crippen molar-refractivity contribution in [3.8, 4) is 0 Å². The largest absolute Gasteiger partial charge is 0.481 e. The normalized spacial score (nSPS) is 11.3. The van der Waals surface area contributed by atoms with E-state index in [1.807, 2.05) is 0 Å². The van der Waals surface area contributed by atoms with Gasteiger partial charge in [0.25, 0.3) is 0 Å². The molecule has 0 spiro atoms. The molecule has 0 saturated heterocycles. The van der Waals surface area contributed by atoms with Crippen LogP contribution in [0.2, 0.25) is 5.02 Å². The maximum absolute atomic E-state index is 11.6. The summed E-state index contributed by atoms with van der Waals surface area (Å²) in [7, 11) is -3.74. The Morgan fingerprint density at radius 1 is 1.50 bits per heavy atom. The van der Waals surface area contributed by atoms with E-state index in [9.17, 15) is 13.2 Å². The molecule has 1 heterocycles. The van der Waals surface area contributed by atoms with Crippen LogP contribution < -0.4 is 4.72 Å². The molecule has 1 aromatic rings. The summed E-state index contributed by atoms with van der Waals surface area (Å²) in [5.74, 6) is -1.08. The van der Waals surface area contributed by atoms with Crippen LogP contribution >= 0.6 is 11.6 Å². The van der Waals surface area contributed by atoms with E-state index in [0.29, 0.717) is 0 Å². The van der Waals surface area contributed by atoms with Crippen LogP contribution in [0, 0.1) is 0 Å². The minimum atomic E-state index is -3.74. The lowest BCUT2D eigenvalue weighted by atomic mass is 10.5. The summed E-state index contributed by atoms with van der Waals surface area (Å²) >= 11 is 5.59. The highest BCUT2D eigenvalue weighted by Crippen LogP contribution is 2.12. The van der Waals surface area contributed by atoms with Gasteiger partial charge >= 0.3 is 5.97 Å². The van der Waals surface area contributed by atoms with Gasteiger partial charge in [-0.3, -0.25) is 9.78 Å². The van der Waals surface area contributed by atoms with Crippen molar-refractivity contribution in [2.75, 3.05) is 6.54 Å². The Balaban J connectivity index is 2.74. The van der Waals surface area contributed by atoms with Crippen LogP contribution in [0.3, 0.4) is 0 Å². The number of carbonyl (C=O) groups is 1. The molecule has 0 aliphatic carbocycles. The quantitative estimate of drug-likeness (QED) is 0.807. The lowest BCUT2D eigenvalue weighted by molar-refractivity contribution is -0.136. The molecule has 88 valence electrons. The van der Waals surface area contributed by atoms with E-state index in [1.165, 1.54) is 12.3 Å². The predicted molar refractivity (Wildman–Crippen MR) is 56.7 cm³/mol. The zero-order valence-corrected chi connectivity index (χ0v) is 9.62. The molecule has 0 aromatic carbocycles. The van der Waals surface area contributed by atoms with Gasteiger partial charge in [-0.1, -0.05) is 11.6 Å². The van der Waals surface area contributed by atoms with E-state index < -0.39 is 16.0 Å². The van der Waals surface area contributed by atoms with Gasteiger partial charge in [-0.2, -0.15) is 0 Å². The average Bonchev–Trinajstić information content (AvgIpc) is 2.16. The maximum atomic E-state index is 11.6. The molecule has 0 atom stereocenters. The number of hydrogen-bond donors (Lipinski definition) is 2.